The molecule has 6 heteroatoms. The van der Waals surface area contributed by atoms with Gasteiger partial charge in [0, 0.05) is 54.5 Å². The molecule has 2 aromatic carbocycles. The van der Waals surface area contributed by atoms with Gasteiger partial charge >= 0.3 is 0 Å². The topological polar surface area (TPSA) is 74.8 Å². The fourth-order valence-electron chi connectivity index (χ4n) is 5.42. The first-order chi connectivity index (χ1) is 18.5. The molecular weight excluding hydrogens is 472 g/mol. The zero-order valence-electron chi connectivity index (χ0n) is 22.6. The minimum atomic E-state index is -0.742. The second-order valence-corrected chi connectivity index (χ2v) is 9.67. The van der Waals surface area contributed by atoms with Crippen molar-refractivity contribution in [2.24, 2.45) is 10.9 Å². The third-order valence-corrected chi connectivity index (χ3v) is 7.69. The van der Waals surface area contributed by atoms with E-state index in [1.807, 2.05) is 24.3 Å². The molecule has 2 aliphatic rings. The fraction of sp³-hybridized carbons (Fsp3) is 0.312. The monoisotopic (exact) mass is 507 g/mol. The number of allylic oxidation sites excluding steroid dienone is 2. The highest BCUT2D eigenvalue weighted by Crippen LogP contribution is 2.39. The molecule has 1 aliphatic heterocycles. The van der Waals surface area contributed by atoms with E-state index < -0.39 is 12.0 Å². The van der Waals surface area contributed by atoms with Crippen LogP contribution in [0.5, 0.6) is 0 Å². The lowest BCUT2D eigenvalue weighted by Gasteiger charge is -2.38. The number of aliphatic imine (C=N–C) groups is 1. The molecule has 0 saturated carbocycles. The standard InChI is InChI=1S/C32H36N4O2/c1-5-35(6-2)23-13-9-21(10-14-23)25-17-19-27(33-25)29-31(37)30(32(29)38)28-20-18-26(34-28)22-11-15-24(16-12-22)36(7-3)8-4/h9-20,27,29,34,37H,5-8H2,1-4H3/p-1. The molecule has 5 rings (SSSR count). The summed E-state index contributed by atoms with van der Waals surface area (Å²) in [4.78, 5) is 25.7. The van der Waals surface area contributed by atoms with Crippen molar-refractivity contribution < 1.29 is 9.90 Å². The molecule has 0 fully saturated rings. The Bertz CT molecular complexity index is 1390. The van der Waals surface area contributed by atoms with Crippen LogP contribution < -0.4 is 14.9 Å². The Morgan fingerprint density at radius 3 is 1.82 bits per heavy atom. The first-order valence-corrected chi connectivity index (χ1v) is 13.6. The quantitative estimate of drug-likeness (QED) is 0.416. The first-order valence-electron chi connectivity index (χ1n) is 13.6. The lowest BCUT2D eigenvalue weighted by Crippen LogP contribution is -2.42. The zero-order chi connectivity index (χ0) is 26.8. The van der Waals surface area contributed by atoms with Gasteiger partial charge in [0.1, 0.15) is 0 Å². The maximum Gasteiger partial charge on any atom is 0.172 e. The van der Waals surface area contributed by atoms with E-state index in [-0.39, 0.29) is 17.1 Å². The zero-order valence-corrected chi connectivity index (χ0v) is 22.6. The summed E-state index contributed by atoms with van der Waals surface area (Å²) in [6.07, 6.45) is 3.80. The van der Waals surface area contributed by atoms with Crippen LogP contribution in [-0.4, -0.2) is 48.7 Å². The number of hydrogen-bond donors (Lipinski definition) is 1. The molecule has 0 amide bonds. The van der Waals surface area contributed by atoms with Crippen LogP contribution in [0.3, 0.4) is 0 Å². The predicted molar refractivity (Wildman–Crippen MR) is 155 cm³/mol. The summed E-state index contributed by atoms with van der Waals surface area (Å²) in [6, 6.07) is 19.9. The number of nitrogens with one attached hydrogen (secondary N) is 1. The van der Waals surface area contributed by atoms with Crippen LogP contribution in [0.4, 0.5) is 11.4 Å². The Morgan fingerprint density at radius 1 is 0.763 bits per heavy atom. The number of aromatic nitrogens is 1. The number of H-pyrrole nitrogens is 1. The number of carbonyl (C=O) groups excluding carboxylic acids is 1. The Morgan fingerprint density at radius 2 is 1.29 bits per heavy atom. The normalized spacial score (nSPS) is 18.5. The number of ketones is 1. The summed E-state index contributed by atoms with van der Waals surface area (Å²) in [5, 5.41) is 13.1. The fourth-order valence-corrected chi connectivity index (χ4v) is 5.42. The number of benzene rings is 2. The van der Waals surface area contributed by atoms with Crippen molar-refractivity contribution in [3.05, 3.63) is 89.8 Å². The van der Waals surface area contributed by atoms with Crippen molar-refractivity contribution in [1.82, 2.24) is 4.98 Å². The van der Waals surface area contributed by atoms with Crippen LogP contribution in [0.15, 0.2) is 83.6 Å². The number of nitrogens with zero attached hydrogens (tertiary/aromatic N) is 3. The third-order valence-electron chi connectivity index (χ3n) is 7.69. The Kier molecular flexibility index (Phi) is 7.23. The van der Waals surface area contributed by atoms with Gasteiger partial charge in [-0.1, -0.05) is 30.3 Å². The highest BCUT2D eigenvalue weighted by molar-refractivity contribution is 6.29. The minimum absolute atomic E-state index is 0.142. The van der Waals surface area contributed by atoms with Crippen molar-refractivity contribution in [2.75, 3.05) is 36.0 Å². The van der Waals surface area contributed by atoms with E-state index in [1.54, 1.807) is 0 Å². The first kappa shape index (κ1) is 25.6. The van der Waals surface area contributed by atoms with Gasteiger partial charge in [0.2, 0.25) is 0 Å². The summed E-state index contributed by atoms with van der Waals surface area (Å²) in [5.41, 5.74) is 6.89. The van der Waals surface area contributed by atoms with Crippen LogP contribution in [0, 0.1) is 5.92 Å². The van der Waals surface area contributed by atoms with Crippen molar-refractivity contribution in [3.8, 4) is 11.3 Å². The highest BCUT2D eigenvalue weighted by Gasteiger charge is 2.40. The number of aromatic amines is 1. The van der Waals surface area contributed by atoms with E-state index in [4.69, 9.17) is 4.99 Å². The molecule has 1 aromatic heterocycles. The molecule has 6 nitrogen and oxygen atoms in total. The molecular formula is C32H35N4O2-. The van der Waals surface area contributed by atoms with Gasteiger partial charge in [-0.05, 0) is 81.3 Å². The van der Waals surface area contributed by atoms with E-state index in [1.165, 1.54) is 11.4 Å². The molecule has 2 heterocycles. The van der Waals surface area contributed by atoms with Gasteiger partial charge in [-0.2, -0.15) is 0 Å². The number of rotatable bonds is 10. The van der Waals surface area contributed by atoms with E-state index in [2.05, 4.69) is 91.0 Å². The second-order valence-electron chi connectivity index (χ2n) is 9.67. The summed E-state index contributed by atoms with van der Waals surface area (Å²) >= 11 is 0. The van der Waals surface area contributed by atoms with Gasteiger partial charge in [-0.25, -0.2) is 0 Å². The molecule has 0 saturated heterocycles. The van der Waals surface area contributed by atoms with Gasteiger partial charge < -0.3 is 19.9 Å². The summed E-state index contributed by atoms with van der Waals surface area (Å²) in [7, 11) is 0. The van der Waals surface area contributed by atoms with Crippen molar-refractivity contribution in [2.45, 2.75) is 33.7 Å². The number of Topliss-reactive ketones (excluding diaryl/α,β-unsaturated/α-hetero) is 1. The lowest BCUT2D eigenvalue weighted by atomic mass is 9.76. The summed E-state index contributed by atoms with van der Waals surface area (Å²) in [6.45, 7) is 12.4. The van der Waals surface area contributed by atoms with Gasteiger partial charge in [0.05, 0.1) is 17.7 Å². The molecule has 1 aliphatic carbocycles. The largest absolute Gasteiger partial charge is 0.874 e. The minimum Gasteiger partial charge on any atom is -0.874 e. The third kappa shape index (κ3) is 4.55. The van der Waals surface area contributed by atoms with Gasteiger partial charge in [-0.3, -0.25) is 9.79 Å². The molecule has 3 aromatic rings. The maximum atomic E-state index is 13.1. The average Bonchev–Trinajstić information content (AvgIpc) is 3.62. The molecule has 1 N–H and O–H groups in total. The molecule has 2 atom stereocenters. The summed E-state index contributed by atoms with van der Waals surface area (Å²) in [5.74, 6) is -1.03. The summed E-state index contributed by atoms with van der Waals surface area (Å²) < 4.78 is 0. The smallest absolute Gasteiger partial charge is 0.172 e. The van der Waals surface area contributed by atoms with Crippen LogP contribution in [0.1, 0.15) is 39.0 Å². The molecule has 0 bridgehead atoms. The van der Waals surface area contributed by atoms with Crippen LogP contribution in [-0.2, 0) is 4.79 Å². The molecule has 38 heavy (non-hydrogen) atoms. The van der Waals surface area contributed by atoms with Crippen LogP contribution in [0.2, 0.25) is 0 Å². The van der Waals surface area contributed by atoms with Gasteiger partial charge in [0.25, 0.3) is 0 Å². The number of carbonyl (C=O) groups is 1. The SMILES string of the molecule is CCN(CC)c1ccc(C2=NC(C3C(=O)C(c4ccc(-c5ccc(N(CC)CC)cc5)[nH]4)=C3[O-])C=C2)cc1. The Labute approximate surface area is 225 Å². The second kappa shape index (κ2) is 10.7. The van der Waals surface area contributed by atoms with E-state index >= 15 is 0 Å². The van der Waals surface area contributed by atoms with Gasteiger partial charge in [0.15, 0.2) is 5.78 Å². The van der Waals surface area contributed by atoms with E-state index in [0.29, 0.717) is 5.69 Å². The lowest BCUT2D eigenvalue weighted by molar-refractivity contribution is -0.315. The van der Waals surface area contributed by atoms with E-state index in [9.17, 15) is 9.90 Å². The van der Waals surface area contributed by atoms with Gasteiger partial charge in [-0.15, -0.1) is 5.76 Å². The number of anilines is 2. The Hall–Kier alpha value is -4.06. The van der Waals surface area contributed by atoms with E-state index in [0.717, 1.165) is 48.7 Å². The number of hydrogen-bond acceptors (Lipinski definition) is 5. The molecule has 0 spiro atoms. The molecule has 0 radical (unpaired) electrons. The van der Waals surface area contributed by atoms with Crippen molar-refractivity contribution in [3.63, 3.8) is 0 Å². The Balaban J connectivity index is 1.30. The highest BCUT2D eigenvalue weighted by atomic mass is 16.3. The predicted octanol–water partition coefficient (Wildman–Crippen LogP) is 5.07. The maximum absolute atomic E-state index is 13.1. The van der Waals surface area contributed by atoms with Crippen molar-refractivity contribution >= 4 is 28.4 Å². The van der Waals surface area contributed by atoms with Crippen LogP contribution >= 0.6 is 0 Å². The molecule has 196 valence electrons. The van der Waals surface area contributed by atoms with Crippen LogP contribution in [0.25, 0.3) is 16.8 Å². The average molecular weight is 508 g/mol. The molecule has 2 unspecified atom stereocenters. The van der Waals surface area contributed by atoms with Crippen molar-refractivity contribution in [1.29, 1.82) is 0 Å².